The second-order valence-electron chi connectivity index (χ2n) is 3.69. The van der Waals surface area contributed by atoms with Crippen LogP contribution in [0.25, 0.3) is 0 Å². The second-order valence-corrected chi connectivity index (χ2v) is 3.69. The summed E-state index contributed by atoms with van der Waals surface area (Å²) in [4.78, 5) is 11.5. The molecule has 0 spiro atoms. The lowest BCUT2D eigenvalue weighted by atomic mass is 10.1. The van der Waals surface area contributed by atoms with Gasteiger partial charge in [0.25, 0.3) is 0 Å². The van der Waals surface area contributed by atoms with Crippen molar-refractivity contribution in [2.75, 3.05) is 6.54 Å². The van der Waals surface area contributed by atoms with Crippen LogP contribution < -0.4 is 11.1 Å². The molecule has 0 radical (unpaired) electrons. The molecule has 0 fully saturated rings. The van der Waals surface area contributed by atoms with E-state index in [1.165, 1.54) is 0 Å². The Bertz CT molecular complexity index is 395. The van der Waals surface area contributed by atoms with Gasteiger partial charge in [0.2, 0.25) is 5.91 Å². The summed E-state index contributed by atoms with van der Waals surface area (Å²) in [5.41, 5.74) is 6.04. The molecule has 1 aromatic rings. The zero-order valence-corrected chi connectivity index (χ0v) is 9.32. The number of nitrogens with two attached hydrogens (primary N) is 1. The van der Waals surface area contributed by atoms with Gasteiger partial charge in [0.05, 0.1) is 6.54 Å². The number of hydrogen-bond donors (Lipinski definition) is 3. The molecule has 4 N–H and O–H groups in total. The van der Waals surface area contributed by atoms with Crippen molar-refractivity contribution in [2.24, 2.45) is 5.73 Å². The molecule has 0 heterocycles. The molecule has 0 aliphatic rings. The van der Waals surface area contributed by atoms with Gasteiger partial charge in [-0.1, -0.05) is 30.3 Å². The maximum atomic E-state index is 12.0. The minimum absolute atomic E-state index is 0.483. The number of benzene rings is 1. The van der Waals surface area contributed by atoms with Crippen molar-refractivity contribution in [3.05, 3.63) is 35.9 Å². The summed E-state index contributed by atoms with van der Waals surface area (Å²) in [6.07, 6.45) is -7.35. The van der Waals surface area contributed by atoms with Crippen LogP contribution in [0.1, 0.15) is 11.6 Å². The number of aliphatic hydroxyl groups excluding tert-OH is 1. The molecule has 100 valence electrons. The zero-order valence-electron chi connectivity index (χ0n) is 9.32. The van der Waals surface area contributed by atoms with E-state index in [0.29, 0.717) is 5.56 Å². The molecule has 1 aromatic carbocycles. The summed E-state index contributed by atoms with van der Waals surface area (Å²) in [5, 5.41) is 10.7. The van der Waals surface area contributed by atoms with E-state index in [0.717, 1.165) is 0 Å². The Balaban J connectivity index is 2.52. The van der Waals surface area contributed by atoms with E-state index in [9.17, 15) is 18.0 Å². The molecule has 0 bridgehead atoms. The smallest absolute Gasteiger partial charge is 0.382 e. The number of alkyl halides is 3. The van der Waals surface area contributed by atoms with Crippen LogP contribution in [0.3, 0.4) is 0 Å². The summed E-state index contributed by atoms with van der Waals surface area (Å²) in [7, 11) is 0. The van der Waals surface area contributed by atoms with Crippen LogP contribution in [0.15, 0.2) is 30.3 Å². The van der Waals surface area contributed by atoms with Gasteiger partial charge in [-0.2, -0.15) is 13.2 Å². The van der Waals surface area contributed by atoms with Crippen LogP contribution in [-0.2, 0) is 4.79 Å². The van der Waals surface area contributed by atoms with E-state index < -0.39 is 30.8 Å². The van der Waals surface area contributed by atoms with Gasteiger partial charge in [-0.05, 0) is 5.56 Å². The van der Waals surface area contributed by atoms with Gasteiger partial charge >= 0.3 is 6.18 Å². The molecule has 1 unspecified atom stereocenters. The molecule has 2 atom stereocenters. The van der Waals surface area contributed by atoms with Crippen LogP contribution in [0.5, 0.6) is 0 Å². The number of nitrogens with one attached hydrogen (secondary N) is 1. The van der Waals surface area contributed by atoms with Gasteiger partial charge in [-0.25, -0.2) is 0 Å². The number of aliphatic hydroxyl groups is 1. The lowest BCUT2D eigenvalue weighted by Gasteiger charge is -2.17. The fraction of sp³-hybridized carbons (Fsp3) is 0.364. The normalized spacial score (nSPS) is 14.9. The lowest BCUT2D eigenvalue weighted by molar-refractivity contribution is -0.201. The average molecular weight is 262 g/mol. The summed E-state index contributed by atoms with van der Waals surface area (Å²) >= 11 is 0. The van der Waals surface area contributed by atoms with Crippen molar-refractivity contribution in [1.82, 2.24) is 5.32 Å². The Morgan fingerprint density at radius 1 is 1.33 bits per heavy atom. The molecule has 4 nitrogen and oxygen atoms in total. The standard InChI is InChI=1S/C11H13F3N2O2/c12-11(13,14)8(17)6-16-10(18)9(15)7-4-2-1-3-5-7/h1-5,8-9,17H,6,15H2,(H,16,18)/t8?,9-/m0/s1. The Morgan fingerprint density at radius 3 is 2.39 bits per heavy atom. The Hall–Kier alpha value is -1.60. The zero-order chi connectivity index (χ0) is 13.8. The Kier molecular flexibility index (Phi) is 4.69. The quantitative estimate of drug-likeness (QED) is 0.748. The lowest BCUT2D eigenvalue weighted by Crippen LogP contribution is -2.43. The van der Waals surface area contributed by atoms with Crippen molar-refractivity contribution < 1.29 is 23.1 Å². The monoisotopic (exact) mass is 262 g/mol. The van der Waals surface area contributed by atoms with Gasteiger partial charge in [0.15, 0.2) is 6.10 Å². The molecule has 18 heavy (non-hydrogen) atoms. The van der Waals surface area contributed by atoms with Crippen molar-refractivity contribution >= 4 is 5.91 Å². The van der Waals surface area contributed by atoms with Crippen molar-refractivity contribution in [3.8, 4) is 0 Å². The number of halogens is 3. The molecule has 0 aromatic heterocycles. The van der Waals surface area contributed by atoms with Crippen molar-refractivity contribution in [1.29, 1.82) is 0 Å². The third kappa shape index (κ3) is 4.01. The first-order valence-corrected chi connectivity index (χ1v) is 5.15. The van der Waals surface area contributed by atoms with E-state index in [4.69, 9.17) is 10.8 Å². The first kappa shape index (κ1) is 14.5. The van der Waals surface area contributed by atoms with Gasteiger partial charge in [-0.3, -0.25) is 4.79 Å². The maximum absolute atomic E-state index is 12.0. The van der Waals surface area contributed by atoms with Crippen molar-refractivity contribution in [3.63, 3.8) is 0 Å². The first-order chi connectivity index (χ1) is 8.32. The fourth-order valence-electron chi connectivity index (χ4n) is 1.23. The third-order valence-corrected chi connectivity index (χ3v) is 2.29. The summed E-state index contributed by atoms with van der Waals surface area (Å²) in [6.45, 7) is -0.914. The molecular weight excluding hydrogens is 249 g/mol. The number of rotatable bonds is 4. The molecule has 0 saturated carbocycles. The van der Waals surface area contributed by atoms with E-state index in [-0.39, 0.29) is 0 Å². The summed E-state index contributed by atoms with van der Waals surface area (Å²) in [5.74, 6) is -0.774. The molecule has 0 aliphatic carbocycles. The molecular formula is C11H13F3N2O2. The Labute approximate surface area is 102 Å². The molecule has 7 heteroatoms. The molecule has 1 rings (SSSR count). The molecule has 0 saturated heterocycles. The highest BCUT2D eigenvalue weighted by Crippen LogP contribution is 2.19. The number of hydrogen-bond acceptors (Lipinski definition) is 3. The van der Waals surface area contributed by atoms with E-state index >= 15 is 0 Å². The predicted octanol–water partition coefficient (Wildman–Crippen LogP) is 0.726. The number of amides is 1. The average Bonchev–Trinajstić information content (AvgIpc) is 2.34. The van der Waals surface area contributed by atoms with Gasteiger partial charge in [0, 0.05) is 0 Å². The largest absolute Gasteiger partial charge is 0.416 e. The number of carbonyl (C=O) groups is 1. The second kappa shape index (κ2) is 5.83. The van der Waals surface area contributed by atoms with Gasteiger partial charge in [0.1, 0.15) is 6.04 Å². The summed E-state index contributed by atoms with van der Waals surface area (Å²) < 4.78 is 36.0. The van der Waals surface area contributed by atoms with E-state index in [2.05, 4.69) is 0 Å². The topological polar surface area (TPSA) is 75.4 Å². The van der Waals surface area contributed by atoms with E-state index in [1.54, 1.807) is 30.3 Å². The minimum Gasteiger partial charge on any atom is -0.382 e. The molecule has 0 aliphatic heterocycles. The van der Waals surface area contributed by atoms with E-state index in [1.807, 2.05) is 5.32 Å². The fourth-order valence-corrected chi connectivity index (χ4v) is 1.23. The highest BCUT2D eigenvalue weighted by Gasteiger charge is 2.38. The third-order valence-electron chi connectivity index (χ3n) is 2.29. The van der Waals surface area contributed by atoms with Crippen LogP contribution in [-0.4, -0.2) is 29.8 Å². The maximum Gasteiger partial charge on any atom is 0.416 e. The SMILES string of the molecule is N[C@H](C(=O)NCC(O)C(F)(F)F)c1ccccc1. The Morgan fingerprint density at radius 2 is 1.89 bits per heavy atom. The number of carbonyl (C=O) groups excluding carboxylic acids is 1. The van der Waals surface area contributed by atoms with Crippen LogP contribution in [0.4, 0.5) is 13.2 Å². The van der Waals surface area contributed by atoms with Crippen LogP contribution in [0.2, 0.25) is 0 Å². The molecule has 1 amide bonds. The van der Waals surface area contributed by atoms with Crippen LogP contribution in [0, 0.1) is 0 Å². The predicted molar refractivity (Wildman–Crippen MR) is 58.4 cm³/mol. The van der Waals surface area contributed by atoms with Crippen molar-refractivity contribution in [2.45, 2.75) is 18.3 Å². The summed E-state index contributed by atoms with van der Waals surface area (Å²) in [6, 6.07) is 7.16. The highest BCUT2D eigenvalue weighted by molar-refractivity contribution is 5.82. The first-order valence-electron chi connectivity index (χ1n) is 5.15. The van der Waals surface area contributed by atoms with Gasteiger partial charge < -0.3 is 16.2 Å². The minimum atomic E-state index is -4.76. The highest BCUT2D eigenvalue weighted by atomic mass is 19.4. The van der Waals surface area contributed by atoms with Gasteiger partial charge in [-0.15, -0.1) is 0 Å². The van der Waals surface area contributed by atoms with Crippen LogP contribution >= 0.6 is 0 Å².